The van der Waals surface area contributed by atoms with Gasteiger partial charge in [-0.25, -0.2) is 4.98 Å². The number of benzene rings is 3. The van der Waals surface area contributed by atoms with E-state index in [0.717, 1.165) is 48.5 Å². The average molecular weight is 754 g/mol. The Labute approximate surface area is 323 Å². The van der Waals surface area contributed by atoms with E-state index in [1.54, 1.807) is 48.9 Å². The molecular formula is C43H46Cl2N4O4. The number of amides is 1. The highest BCUT2D eigenvalue weighted by atomic mass is 35.5. The van der Waals surface area contributed by atoms with Gasteiger partial charge in [-0.3, -0.25) is 14.7 Å². The van der Waals surface area contributed by atoms with E-state index in [4.69, 9.17) is 25.8 Å². The average Bonchev–Trinajstić information content (AvgIpc) is 3.16. The van der Waals surface area contributed by atoms with Crippen molar-refractivity contribution >= 4 is 36.0 Å². The number of hydrogen-bond acceptors (Lipinski definition) is 7. The number of nitrogens with zero attached hydrogens (tertiary/aromatic N) is 4. The van der Waals surface area contributed by atoms with E-state index in [9.17, 15) is 4.79 Å². The van der Waals surface area contributed by atoms with Crippen LogP contribution in [-0.2, 0) is 24.4 Å². The maximum Gasteiger partial charge on any atom is 0.246 e. The van der Waals surface area contributed by atoms with Crippen LogP contribution < -0.4 is 14.2 Å². The molecule has 6 rings (SSSR count). The summed E-state index contributed by atoms with van der Waals surface area (Å²) in [7, 11) is 0. The molecule has 0 atom stereocenters. The fourth-order valence-corrected chi connectivity index (χ4v) is 6.27. The van der Waals surface area contributed by atoms with Gasteiger partial charge in [0.1, 0.15) is 18.1 Å². The monoisotopic (exact) mass is 752 g/mol. The topological polar surface area (TPSA) is 77.0 Å². The Morgan fingerprint density at radius 3 is 2.26 bits per heavy atom. The summed E-state index contributed by atoms with van der Waals surface area (Å²) in [4.78, 5) is 25.8. The predicted molar refractivity (Wildman–Crippen MR) is 213 cm³/mol. The minimum absolute atomic E-state index is 0. The first kappa shape index (κ1) is 39.3. The molecule has 1 amide bonds. The number of aryl methyl sites for hydroxylation is 1. The summed E-state index contributed by atoms with van der Waals surface area (Å²) in [6.07, 6.45) is 9.39. The maximum atomic E-state index is 13.1. The van der Waals surface area contributed by atoms with Gasteiger partial charge in [-0.1, -0.05) is 67.9 Å². The van der Waals surface area contributed by atoms with Gasteiger partial charge in [-0.15, -0.1) is 12.4 Å². The molecule has 1 fully saturated rings. The molecule has 0 N–H and O–H groups in total. The standard InChI is InChI=1S/C43H45ClN4O4.ClH/c1-31(2)37-11-13-38(14-12-37)50-24-18-33-6-8-34(9-7-33)29-47-20-22-48(23-21-47)42(49)17-10-35-25-32(3)43(40(44)26-35)52-41-16-15-39(28-46-41)51-30-36-5-4-19-45-27-36;/h4-17,19,25-28,31H,18,20-24,29-30H2,1-3H3;1H. The minimum Gasteiger partial charge on any atom is -0.493 e. The van der Waals surface area contributed by atoms with Gasteiger partial charge in [0.05, 0.1) is 17.8 Å². The van der Waals surface area contributed by atoms with E-state index in [1.165, 1.54) is 16.7 Å². The van der Waals surface area contributed by atoms with Gasteiger partial charge in [0, 0.05) is 69.2 Å². The smallest absolute Gasteiger partial charge is 0.246 e. The molecule has 8 nitrogen and oxygen atoms in total. The molecular weight excluding hydrogens is 707 g/mol. The van der Waals surface area contributed by atoms with Crippen LogP contribution in [0.25, 0.3) is 6.08 Å². The van der Waals surface area contributed by atoms with Crippen molar-refractivity contribution in [3.8, 4) is 23.1 Å². The lowest BCUT2D eigenvalue weighted by molar-refractivity contribution is -0.127. The third-order valence-corrected chi connectivity index (χ3v) is 9.31. The number of piperazine rings is 1. The van der Waals surface area contributed by atoms with Crippen LogP contribution in [0.5, 0.6) is 23.1 Å². The molecule has 53 heavy (non-hydrogen) atoms. The highest BCUT2D eigenvalue weighted by Crippen LogP contribution is 2.34. The summed E-state index contributed by atoms with van der Waals surface area (Å²) in [5, 5.41) is 0.438. The van der Waals surface area contributed by atoms with Crippen LogP contribution >= 0.6 is 24.0 Å². The summed E-state index contributed by atoms with van der Waals surface area (Å²) in [6.45, 7) is 11.2. The molecule has 2 aromatic heterocycles. The van der Waals surface area contributed by atoms with Crippen molar-refractivity contribution in [3.05, 3.63) is 148 Å². The quantitative estimate of drug-likeness (QED) is 0.105. The van der Waals surface area contributed by atoms with E-state index in [2.05, 4.69) is 77.2 Å². The van der Waals surface area contributed by atoms with Gasteiger partial charge < -0.3 is 19.1 Å². The third kappa shape index (κ3) is 11.5. The normalized spacial score (nSPS) is 13.2. The fourth-order valence-electron chi connectivity index (χ4n) is 5.95. The largest absolute Gasteiger partial charge is 0.493 e. The zero-order valence-electron chi connectivity index (χ0n) is 30.4. The van der Waals surface area contributed by atoms with Crippen LogP contribution in [0.1, 0.15) is 53.1 Å². The highest BCUT2D eigenvalue weighted by molar-refractivity contribution is 6.32. The summed E-state index contributed by atoms with van der Waals surface area (Å²) >= 11 is 6.62. The van der Waals surface area contributed by atoms with Crippen LogP contribution in [-0.4, -0.2) is 58.5 Å². The zero-order valence-corrected chi connectivity index (χ0v) is 32.0. The number of carbonyl (C=O) groups is 1. The molecule has 0 saturated carbocycles. The van der Waals surface area contributed by atoms with Gasteiger partial charge >= 0.3 is 0 Å². The first-order chi connectivity index (χ1) is 25.3. The van der Waals surface area contributed by atoms with Gasteiger partial charge in [0.15, 0.2) is 5.75 Å². The molecule has 0 radical (unpaired) electrons. The Morgan fingerprint density at radius 1 is 0.868 bits per heavy atom. The molecule has 1 aliphatic heterocycles. The second-order valence-electron chi connectivity index (χ2n) is 13.3. The van der Waals surface area contributed by atoms with Crippen LogP contribution in [0.2, 0.25) is 5.02 Å². The first-order valence-electron chi connectivity index (χ1n) is 17.7. The fraction of sp³-hybridized carbons (Fsp3) is 0.279. The van der Waals surface area contributed by atoms with E-state index >= 15 is 0 Å². The van der Waals surface area contributed by atoms with Crippen molar-refractivity contribution in [2.75, 3.05) is 32.8 Å². The molecule has 10 heteroatoms. The van der Waals surface area contributed by atoms with Crippen molar-refractivity contribution in [2.24, 2.45) is 0 Å². The number of ether oxygens (including phenoxy) is 3. The molecule has 1 aliphatic rings. The second kappa shape index (κ2) is 19.3. The van der Waals surface area contributed by atoms with Crippen molar-refractivity contribution in [1.29, 1.82) is 0 Å². The predicted octanol–water partition coefficient (Wildman–Crippen LogP) is 9.33. The number of pyridine rings is 2. The van der Waals surface area contributed by atoms with Crippen LogP contribution in [0.4, 0.5) is 0 Å². The molecule has 3 aromatic carbocycles. The Bertz CT molecular complexity index is 1910. The second-order valence-corrected chi connectivity index (χ2v) is 13.7. The van der Waals surface area contributed by atoms with Crippen molar-refractivity contribution in [1.82, 2.24) is 19.8 Å². The first-order valence-corrected chi connectivity index (χ1v) is 18.1. The molecule has 0 unspecified atom stereocenters. The third-order valence-electron chi connectivity index (χ3n) is 9.03. The van der Waals surface area contributed by atoms with E-state index in [0.29, 0.717) is 54.6 Å². The number of halogens is 2. The van der Waals surface area contributed by atoms with Gasteiger partial charge in [-0.05, 0) is 83.1 Å². The lowest BCUT2D eigenvalue weighted by Crippen LogP contribution is -2.47. The molecule has 0 spiro atoms. The molecule has 5 aromatic rings. The summed E-state index contributed by atoms with van der Waals surface area (Å²) in [5.41, 5.74) is 6.48. The van der Waals surface area contributed by atoms with E-state index in [1.807, 2.05) is 30.0 Å². The molecule has 276 valence electrons. The summed E-state index contributed by atoms with van der Waals surface area (Å²) in [5.74, 6) is 2.96. The van der Waals surface area contributed by atoms with E-state index < -0.39 is 0 Å². The Kier molecular flexibility index (Phi) is 14.3. The molecule has 0 bridgehead atoms. The summed E-state index contributed by atoms with van der Waals surface area (Å²) < 4.78 is 17.8. The van der Waals surface area contributed by atoms with E-state index in [-0.39, 0.29) is 18.3 Å². The number of carbonyl (C=O) groups excluding carboxylic acids is 1. The van der Waals surface area contributed by atoms with Crippen LogP contribution in [0.3, 0.4) is 0 Å². The minimum atomic E-state index is -0.00813. The maximum absolute atomic E-state index is 13.1. The lowest BCUT2D eigenvalue weighted by Gasteiger charge is -2.34. The van der Waals surface area contributed by atoms with Gasteiger partial charge in [-0.2, -0.15) is 0 Å². The lowest BCUT2D eigenvalue weighted by atomic mass is 10.0. The Hall–Kier alpha value is -4.89. The van der Waals surface area contributed by atoms with Gasteiger partial charge in [0.25, 0.3) is 0 Å². The Balaban J connectivity index is 0.00000541. The van der Waals surface area contributed by atoms with Gasteiger partial charge in [0.2, 0.25) is 11.8 Å². The SMILES string of the molecule is Cc1cc(C=CC(=O)N2CCN(Cc3ccc(CCOc4ccc(C(C)C)cc4)cc3)CC2)cc(Cl)c1Oc1ccc(OCc2cccnc2)cn1.Cl. The van der Waals surface area contributed by atoms with Crippen molar-refractivity contribution in [3.63, 3.8) is 0 Å². The number of aromatic nitrogens is 2. The van der Waals surface area contributed by atoms with Crippen LogP contribution in [0.15, 0.2) is 110 Å². The zero-order chi connectivity index (χ0) is 36.3. The van der Waals surface area contributed by atoms with Crippen molar-refractivity contribution in [2.45, 2.75) is 46.3 Å². The number of hydrogen-bond donors (Lipinski definition) is 0. The van der Waals surface area contributed by atoms with Crippen LogP contribution in [0, 0.1) is 6.92 Å². The molecule has 3 heterocycles. The Morgan fingerprint density at radius 2 is 1.60 bits per heavy atom. The number of rotatable bonds is 14. The summed E-state index contributed by atoms with van der Waals surface area (Å²) in [6, 6.07) is 28.2. The molecule has 0 aliphatic carbocycles. The highest BCUT2D eigenvalue weighted by Gasteiger charge is 2.20. The molecule has 1 saturated heterocycles. The van der Waals surface area contributed by atoms with Crippen molar-refractivity contribution < 1.29 is 19.0 Å².